The van der Waals surface area contributed by atoms with Crippen molar-refractivity contribution in [3.8, 4) is 0 Å². The minimum Gasteiger partial charge on any atom is -0.371 e. The van der Waals surface area contributed by atoms with Gasteiger partial charge >= 0.3 is 12.4 Å². The topological polar surface area (TPSA) is 23.5 Å². The average molecular weight is 417 g/mol. The van der Waals surface area contributed by atoms with Crippen LogP contribution in [-0.2, 0) is 18.4 Å². The van der Waals surface area contributed by atoms with Crippen LogP contribution in [0.5, 0.6) is 0 Å². The van der Waals surface area contributed by atoms with Gasteiger partial charge in [0.2, 0.25) is 0 Å². The highest BCUT2D eigenvalue weighted by Crippen LogP contribution is 2.50. The van der Waals surface area contributed by atoms with E-state index in [0.29, 0.717) is 43.6 Å². The van der Waals surface area contributed by atoms with E-state index < -0.39 is 23.5 Å². The Kier molecular flexibility index (Phi) is 5.85. The zero-order valence-electron chi connectivity index (χ0n) is 15.5. The number of alkyl halides is 6. The monoisotopic (exact) mass is 417 g/mol. The van der Waals surface area contributed by atoms with Gasteiger partial charge in [-0.15, -0.1) is 0 Å². The van der Waals surface area contributed by atoms with E-state index in [2.05, 4.69) is 0 Å². The van der Waals surface area contributed by atoms with Gasteiger partial charge < -0.3 is 10.0 Å². The fourth-order valence-electron chi connectivity index (χ4n) is 3.69. The van der Waals surface area contributed by atoms with E-state index in [4.69, 9.17) is 0 Å². The summed E-state index contributed by atoms with van der Waals surface area (Å²) in [5.74, 6) is 0. The molecule has 1 aliphatic heterocycles. The van der Waals surface area contributed by atoms with Crippen molar-refractivity contribution >= 4 is 5.69 Å². The minimum atomic E-state index is -5.88. The summed E-state index contributed by atoms with van der Waals surface area (Å²) in [6.07, 6.45) is -9.27. The molecule has 1 N–H and O–H groups in total. The number of fused-ring (bicyclic) bond motifs is 1. The van der Waals surface area contributed by atoms with Crippen LogP contribution in [0.4, 0.5) is 32.0 Å². The van der Waals surface area contributed by atoms with Crippen LogP contribution in [-0.4, -0.2) is 30.5 Å². The molecule has 0 aliphatic carbocycles. The zero-order valence-corrected chi connectivity index (χ0v) is 15.5. The van der Waals surface area contributed by atoms with Gasteiger partial charge in [-0.3, -0.25) is 0 Å². The molecule has 1 heterocycles. The van der Waals surface area contributed by atoms with Gasteiger partial charge in [0.25, 0.3) is 5.60 Å². The van der Waals surface area contributed by atoms with Gasteiger partial charge in [0.1, 0.15) is 0 Å². The fourth-order valence-corrected chi connectivity index (χ4v) is 3.69. The van der Waals surface area contributed by atoms with Crippen molar-refractivity contribution in [1.29, 1.82) is 0 Å². The molecule has 0 atom stereocenters. The predicted molar refractivity (Wildman–Crippen MR) is 97.7 cm³/mol. The molecule has 0 radical (unpaired) electrons. The summed E-state index contributed by atoms with van der Waals surface area (Å²) < 4.78 is 79.2. The van der Waals surface area contributed by atoms with E-state index in [9.17, 15) is 31.4 Å². The van der Waals surface area contributed by atoms with E-state index in [1.807, 2.05) is 35.2 Å². The van der Waals surface area contributed by atoms with E-state index in [-0.39, 0.29) is 0 Å². The molecule has 0 aromatic heterocycles. The number of anilines is 1. The lowest BCUT2D eigenvalue weighted by atomic mass is 9.89. The van der Waals surface area contributed by atoms with Crippen LogP contribution in [0.3, 0.4) is 0 Å². The van der Waals surface area contributed by atoms with Crippen molar-refractivity contribution in [3.05, 3.63) is 65.2 Å². The van der Waals surface area contributed by atoms with Gasteiger partial charge in [-0.1, -0.05) is 42.5 Å². The molecule has 2 aromatic carbocycles. The van der Waals surface area contributed by atoms with Gasteiger partial charge in [-0.25, -0.2) is 0 Å². The molecule has 0 saturated carbocycles. The largest absolute Gasteiger partial charge is 0.430 e. The number of hydrogen-bond acceptors (Lipinski definition) is 2. The molecule has 0 saturated heterocycles. The molecule has 8 heteroatoms. The van der Waals surface area contributed by atoms with Crippen LogP contribution < -0.4 is 4.90 Å². The molecule has 0 fully saturated rings. The molecule has 0 spiro atoms. The average Bonchev–Trinajstić information content (AvgIpc) is 2.86. The molecule has 0 amide bonds. The summed E-state index contributed by atoms with van der Waals surface area (Å²) in [7, 11) is 0. The maximum absolute atomic E-state index is 13.2. The smallest absolute Gasteiger partial charge is 0.371 e. The quantitative estimate of drug-likeness (QED) is 0.675. The van der Waals surface area contributed by atoms with Crippen LogP contribution in [0, 0.1) is 0 Å². The summed E-state index contributed by atoms with van der Waals surface area (Å²) in [6.45, 7) is 1.27. The SMILES string of the molecule is OC(c1ccc2c(c1)CCCCN2CCc1ccccc1)(C(F)(F)F)C(F)(F)F. The number of halogens is 6. The first-order valence-electron chi connectivity index (χ1n) is 9.32. The number of aliphatic hydroxyl groups is 1. The second-order valence-corrected chi connectivity index (χ2v) is 7.23. The van der Waals surface area contributed by atoms with Crippen LogP contribution in [0.15, 0.2) is 48.5 Å². The van der Waals surface area contributed by atoms with Gasteiger partial charge in [0.15, 0.2) is 0 Å². The number of benzene rings is 2. The summed E-state index contributed by atoms with van der Waals surface area (Å²) in [4.78, 5) is 1.99. The number of aryl methyl sites for hydroxylation is 1. The molecule has 0 unspecified atom stereocenters. The van der Waals surface area contributed by atoms with Gasteiger partial charge in [0, 0.05) is 24.3 Å². The second-order valence-electron chi connectivity index (χ2n) is 7.23. The highest BCUT2D eigenvalue weighted by atomic mass is 19.4. The lowest BCUT2D eigenvalue weighted by Gasteiger charge is -2.33. The van der Waals surface area contributed by atoms with Crippen LogP contribution >= 0.6 is 0 Å². The van der Waals surface area contributed by atoms with E-state index in [1.165, 1.54) is 6.07 Å². The number of nitrogens with zero attached hydrogens (tertiary/aromatic N) is 1. The third-order valence-electron chi connectivity index (χ3n) is 5.30. The van der Waals surface area contributed by atoms with Crippen molar-refractivity contribution in [1.82, 2.24) is 0 Å². The first-order valence-corrected chi connectivity index (χ1v) is 9.32. The van der Waals surface area contributed by atoms with Crippen LogP contribution in [0.1, 0.15) is 29.5 Å². The molecule has 1 aliphatic rings. The molecule has 2 aromatic rings. The molecule has 158 valence electrons. The van der Waals surface area contributed by atoms with Crippen LogP contribution in [0.25, 0.3) is 0 Å². The Bertz CT molecular complexity index is 817. The van der Waals surface area contributed by atoms with Crippen LogP contribution in [0.2, 0.25) is 0 Å². The Morgan fingerprint density at radius 3 is 2.14 bits per heavy atom. The van der Waals surface area contributed by atoms with Gasteiger partial charge in [0.05, 0.1) is 0 Å². The van der Waals surface area contributed by atoms with Crippen molar-refractivity contribution < 1.29 is 31.4 Å². The summed E-state index contributed by atoms with van der Waals surface area (Å²) in [5.41, 5.74) is -3.98. The van der Waals surface area contributed by atoms with Crippen molar-refractivity contribution in [2.45, 2.75) is 43.6 Å². The first kappa shape index (κ1) is 21.5. The van der Waals surface area contributed by atoms with E-state index in [1.54, 1.807) is 0 Å². The highest BCUT2D eigenvalue weighted by molar-refractivity contribution is 5.57. The molecule has 29 heavy (non-hydrogen) atoms. The van der Waals surface area contributed by atoms with Crippen molar-refractivity contribution in [3.63, 3.8) is 0 Å². The maximum atomic E-state index is 13.2. The molecule has 2 nitrogen and oxygen atoms in total. The van der Waals surface area contributed by atoms with Crippen molar-refractivity contribution in [2.75, 3.05) is 18.0 Å². The fraction of sp³-hybridized carbons (Fsp3) is 0.429. The van der Waals surface area contributed by atoms with Crippen molar-refractivity contribution in [2.24, 2.45) is 0 Å². The first-order chi connectivity index (χ1) is 13.5. The Balaban J connectivity index is 1.94. The maximum Gasteiger partial charge on any atom is 0.430 e. The molecular weight excluding hydrogens is 396 g/mol. The molecule has 3 rings (SSSR count). The second kappa shape index (κ2) is 7.89. The third kappa shape index (κ3) is 4.22. The normalized spacial score (nSPS) is 15.8. The Morgan fingerprint density at radius 1 is 0.862 bits per heavy atom. The summed E-state index contributed by atoms with van der Waals surface area (Å²) >= 11 is 0. The lowest BCUT2D eigenvalue weighted by Crippen LogP contribution is -2.54. The summed E-state index contributed by atoms with van der Waals surface area (Å²) in [6, 6.07) is 12.5. The van der Waals surface area contributed by atoms with Gasteiger partial charge in [-0.2, -0.15) is 26.3 Å². The number of rotatable bonds is 4. The minimum absolute atomic E-state index is 0.358. The van der Waals surface area contributed by atoms with E-state index >= 15 is 0 Å². The Labute approximate surface area is 164 Å². The molecule has 0 bridgehead atoms. The standard InChI is InChI=1S/C21H21F6NO/c22-20(23,24)19(29,21(25,26)27)17-9-10-18-16(14-17)8-4-5-12-28(18)13-11-15-6-2-1-3-7-15/h1-3,6-7,9-10,14,29H,4-5,8,11-13H2. The Morgan fingerprint density at radius 2 is 1.52 bits per heavy atom. The summed E-state index contributed by atoms with van der Waals surface area (Å²) in [5, 5.41) is 9.68. The van der Waals surface area contributed by atoms with Gasteiger partial charge in [-0.05, 0) is 42.9 Å². The third-order valence-corrected chi connectivity index (χ3v) is 5.30. The molecular formula is C21H21F6NO. The highest BCUT2D eigenvalue weighted by Gasteiger charge is 2.71. The number of hydrogen-bond donors (Lipinski definition) is 1. The zero-order chi connectivity index (χ0) is 21.3. The predicted octanol–water partition coefficient (Wildman–Crippen LogP) is 5.38. The lowest BCUT2D eigenvalue weighted by molar-refractivity contribution is -0.376. The van der Waals surface area contributed by atoms with E-state index in [0.717, 1.165) is 24.1 Å². The Hall–Kier alpha value is -2.22.